The molecule has 0 spiro atoms. The lowest BCUT2D eigenvalue weighted by Crippen LogP contribution is -2.43. The average Bonchev–Trinajstić information content (AvgIpc) is 2.46. The fourth-order valence-corrected chi connectivity index (χ4v) is 1.86. The van der Waals surface area contributed by atoms with Crippen molar-refractivity contribution in [2.45, 2.75) is 0 Å². The third-order valence-corrected chi connectivity index (χ3v) is 2.85. The van der Waals surface area contributed by atoms with E-state index < -0.39 is 5.97 Å². The van der Waals surface area contributed by atoms with Crippen LogP contribution >= 0.6 is 0 Å². The van der Waals surface area contributed by atoms with Gasteiger partial charge in [0, 0.05) is 24.9 Å². The largest absolute Gasteiger partial charge is 0.478 e. The third-order valence-electron chi connectivity index (χ3n) is 2.85. The fraction of sp³-hybridized carbons (Fsp3) is 0.286. The molecule has 2 amide bonds. The number of carboxylic acid groups (broad SMARTS) is 1. The Bertz CT molecular complexity index is 522. The maximum absolute atomic E-state index is 12.0. The van der Waals surface area contributed by atoms with Crippen molar-refractivity contribution >= 4 is 23.8 Å². The number of aliphatic carboxylic acids is 1. The van der Waals surface area contributed by atoms with Crippen molar-refractivity contribution in [1.29, 1.82) is 0 Å². The van der Waals surface area contributed by atoms with Gasteiger partial charge in [-0.1, -0.05) is 12.1 Å². The van der Waals surface area contributed by atoms with Gasteiger partial charge in [-0.15, -0.1) is 0 Å². The smallest absolute Gasteiger partial charge is 0.328 e. The Labute approximate surface area is 116 Å². The minimum atomic E-state index is -1.01. The van der Waals surface area contributed by atoms with E-state index in [0.717, 1.165) is 6.08 Å². The van der Waals surface area contributed by atoms with Gasteiger partial charge in [0.05, 0.1) is 13.2 Å². The molecule has 1 aliphatic rings. The number of anilines is 1. The summed E-state index contributed by atoms with van der Waals surface area (Å²) in [5, 5.41) is 11.4. The predicted molar refractivity (Wildman–Crippen MR) is 74.5 cm³/mol. The minimum Gasteiger partial charge on any atom is -0.478 e. The molecule has 2 N–H and O–H groups in total. The van der Waals surface area contributed by atoms with Gasteiger partial charge in [-0.25, -0.2) is 9.59 Å². The molecular weight excluding hydrogens is 260 g/mol. The summed E-state index contributed by atoms with van der Waals surface area (Å²) in [5.74, 6) is -1.01. The number of carboxylic acids is 1. The highest BCUT2D eigenvalue weighted by Gasteiger charge is 2.16. The van der Waals surface area contributed by atoms with Crippen LogP contribution in [0.2, 0.25) is 0 Å². The van der Waals surface area contributed by atoms with Gasteiger partial charge >= 0.3 is 12.0 Å². The number of ether oxygens (including phenoxy) is 1. The Hall–Kier alpha value is -2.34. The molecule has 0 radical (unpaired) electrons. The van der Waals surface area contributed by atoms with Crippen LogP contribution in [0.15, 0.2) is 30.3 Å². The molecule has 0 saturated carbocycles. The lowest BCUT2D eigenvalue weighted by molar-refractivity contribution is -0.131. The number of nitrogens with one attached hydrogen (secondary N) is 1. The molecule has 0 unspecified atom stereocenters. The van der Waals surface area contributed by atoms with Crippen LogP contribution in [-0.4, -0.2) is 48.3 Å². The first-order chi connectivity index (χ1) is 9.65. The van der Waals surface area contributed by atoms with Crippen molar-refractivity contribution in [3.63, 3.8) is 0 Å². The van der Waals surface area contributed by atoms with Gasteiger partial charge in [-0.2, -0.15) is 0 Å². The summed E-state index contributed by atoms with van der Waals surface area (Å²) in [6, 6.07) is 6.83. The summed E-state index contributed by atoms with van der Waals surface area (Å²) in [6.07, 6.45) is 2.54. The van der Waals surface area contributed by atoms with Gasteiger partial charge in [0.2, 0.25) is 0 Å². The summed E-state index contributed by atoms with van der Waals surface area (Å²) in [5.41, 5.74) is 1.35. The molecule has 6 nitrogen and oxygen atoms in total. The number of rotatable bonds is 3. The van der Waals surface area contributed by atoms with E-state index >= 15 is 0 Å². The molecule has 0 aliphatic carbocycles. The highest BCUT2D eigenvalue weighted by Crippen LogP contribution is 2.13. The van der Waals surface area contributed by atoms with Crippen molar-refractivity contribution in [3.05, 3.63) is 35.9 Å². The van der Waals surface area contributed by atoms with Crippen molar-refractivity contribution in [2.75, 3.05) is 31.6 Å². The molecule has 1 aromatic carbocycles. The first-order valence-electron chi connectivity index (χ1n) is 6.30. The molecule has 0 bridgehead atoms. The maximum Gasteiger partial charge on any atom is 0.328 e. The molecule has 106 valence electrons. The first kappa shape index (κ1) is 14.1. The second kappa shape index (κ2) is 6.72. The highest BCUT2D eigenvalue weighted by atomic mass is 16.5. The molecule has 2 rings (SSSR count). The van der Waals surface area contributed by atoms with Gasteiger partial charge in [0.15, 0.2) is 0 Å². The molecule has 20 heavy (non-hydrogen) atoms. The summed E-state index contributed by atoms with van der Waals surface area (Å²) in [4.78, 5) is 24.1. The number of carbonyl (C=O) groups is 2. The zero-order valence-electron chi connectivity index (χ0n) is 10.9. The van der Waals surface area contributed by atoms with Gasteiger partial charge < -0.3 is 20.1 Å². The van der Waals surface area contributed by atoms with Crippen LogP contribution in [0.4, 0.5) is 10.5 Å². The van der Waals surface area contributed by atoms with E-state index in [1.807, 2.05) is 0 Å². The van der Waals surface area contributed by atoms with Crippen LogP contribution in [0.5, 0.6) is 0 Å². The van der Waals surface area contributed by atoms with Crippen molar-refractivity contribution < 1.29 is 19.4 Å². The average molecular weight is 276 g/mol. The molecule has 1 aromatic rings. The van der Waals surface area contributed by atoms with Crippen molar-refractivity contribution in [3.8, 4) is 0 Å². The first-order valence-corrected chi connectivity index (χ1v) is 6.30. The van der Waals surface area contributed by atoms with Gasteiger partial charge in [-0.3, -0.25) is 0 Å². The molecule has 1 saturated heterocycles. The normalized spacial score (nSPS) is 15.3. The second-order valence-corrected chi connectivity index (χ2v) is 4.33. The van der Waals surface area contributed by atoms with E-state index in [1.165, 1.54) is 6.08 Å². The Morgan fingerprint density at radius 2 is 2.05 bits per heavy atom. The Balaban J connectivity index is 2.00. The minimum absolute atomic E-state index is 0.173. The Morgan fingerprint density at radius 3 is 2.75 bits per heavy atom. The van der Waals surface area contributed by atoms with E-state index in [2.05, 4.69) is 5.32 Å². The molecule has 6 heteroatoms. The van der Waals surface area contributed by atoms with E-state index in [-0.39, 0.29) is 6.03 Å². The summed E-state index contributed by atoms with van der Waals surface area (Å²) in [6.45, 7) is 2.25. The predicted octanol–water partition coefficient (Wildman–Crippen LogP) is 1.65. The Morgan fingerprint density at radius 1 is 1.30 bits per heavy atom. The monoisotopic (exact) mass is 276 g/mol. The molecule has 1 aliphatic heterocycles. The van der Waals surface area contributed by atoms with Crippen LogP contribution in [0.25, 0.3) is 6.08 Å². The fourth-order valence-electron chi connectivity index (χ4n) is 1.86. The molecule has 1 fully saturated rings. The van der Waals surface area contributed by atoms with Crippen LogP contribution in [0.1, 0.15) is 5.56 Å². The SMILES string of the molecule is O=C(O)C=Cc1cccc(NC(=O)N2CCOCC2)c1. The van der Waals surface area contributed by atoms with Crippen LogP contribution in [-0.2, 0) is 9.53 Å². The van der Waals surface area contributed by atoms with Crippen LogP contribution in [0, 0.1) is 0 Å². The molecule has 0 atom stereocenters. The zero-order chi connectivity index (χ0) is 14.4. The number of morpholine rings is 1. The summed E-state index contributed by atoms with van der Waals surface area (Å²) >= 11 is 0. The summed E-state index contributed by atoms with van der Waals surface area (Å²) in [7, 11) is 0. The molecular formula is C14H16N2O4. The van der Waals surface area contributed by atoms with E-state index in [4.69, 9.17) is 9.84 Å². The zero-order valence-corrected chi connectivity index (χ0v) is 10.9. The van der Waals surface area contributed by atoms with Gasteiger partial charge in [-0.05, 0) is 23.8 Å². The topological polar surface area (TPSA) is 78.9 Å². The van der Waals surface area contributed by atoms with Crippen molar-refractivity contribution in [1.82, 2.24) is 4.90 Å². The number of carbonyl (C=O) groups excluding carboxylic acids is 1. The molecule has 1 heterocycles. The van der Waals surface area contributed by atoms with E-state index in [0.29, 0.717) is 37.6 Å². The number of hydrogen-bond donors (Lipinski definition) is 2. The van der Waals surface area contributed by atoms with Crippen LogP contribution < -0.4 is 5.32 Å². The number of benzene rings is 1. The van der Waals surface area contributed by atoms with Crippen LogP contribution in [0.3, 0.4) is 0 Å². The number of nitrogens with zero attached hydrogens (tertiary/aromatic N) is 1. The van der Waals surface area contributed by atoms with Gasteiger partial charge in [0.25, 0.3) is 0 Å². The molecule has 0 aromatic heterocycles. The van der Waals surface area contributed by atoms with Gasteiger partial charge in [0.1, 0.15) is 0 Å². The lowest BCUT2D eigenvalue weighted by Gasteiger charge is -2.26. The summed E-state index contributed by atoms with van der Waals surface area (Å²) < 4.78 is 5.19. The lowest BCUT2D eigenvalue weighted by atomic mass is 10.2. The Kier molecular flexibility index (Phi) is 4.73. The van der Waals surface area contributed by atoms with Crippen molar-refractivity contribution in [2.24, 2.45) is 0 Å². The number of urea groups is 1. The van der Waals surface area contributed by atoms with E-state index in [1.54, 1.807) is 29.2 Å². The standard InChI is InChI=1S/C14H16N2O4/c17-13(18)5-4-11-2-1-3-12(10-11)15-14(19)16-6-8-20-9-7-16/h1-5,10H,6-9H2,(H,15,19)(H,17,18). The second-order valence-electron chi connectivity index (χ2n) is 4.33. The quantitative estimate of drug-likeness (QED) is 0.823. The third kappa shape index (κ3) is 4.10. The maximum atomic E-state index is 12.0. The number of hydrogen-bond acceptors (Lipinski definition) is 3. The highest BCUT2D eigenvalue weighted by molar-refractivity contribution is 5.90. The number of amides is 2. The van der Waals surface area contributed by atoms with E-state index in [9.17, 15) is 9.59 Å².